The zero-order valence-electron chi connectivity index (χ0n) is 17.0. The minimum absolute atomic E-state index is 0.0233. The number of aliphatic hydroxyl groups excluding tert-OH is 1. The van der Waals surface area contributed by atoms with Crippen molar-refractivity contribution in [3.05, 3.63) is 36.4 Å². The number of nitrogens with one attached hydrogen (secondary N) is 2. The van der Waals surface area contributed by atoms with Gasteiger partial charge in [0.15, 0.2) is 5.82 Å². The molecule has 10 nitrogen and oxygen atoms in total. The van der Waals surface area contributed by atoms with Crippen LogP contribution in [0.1, 0.15) is 20.3 Å². The van der Waals surface area contributed by atoms with Crippen molar-refractivity contribution in [1.82, 2.24) is 24.7 Å². The van der Waals surface area contributed by atoms with E-state index in [1.165, 1.54) is 30.3 Å². The van der Waals surface area contributed by atoms with Crippen LogP contribution >= 0.6 is 0 Å². The largest absolute Gasteiger partial charge is 0.497 e. The van der Waals surface area contributed by atoms with E-state index in [4.69, 9.17) is 10.5 Å². The first-order valence-electron chi connectivity index (χ1n) is 9.42. The lowest BCUT2D eigenvalue weighted by Crippen LogP contribution is -2.26. The predicted molar refractivity (Wildman–Crippen MR) is 112 cm³/mol. The standard InChI is InChI=1S/C19H25FN8O2/c1-11(2)6-12(9-29)24-16-8-17(23-10-22-16)28-18(21)26-19(27-28)25-15-5-4-13(30-3)7-14(15)20/h4-5,7-8,10-12,29H,6,9H2,1-3H3,(H,22,23,24)(H3,21,25,26,27)/t12-/m1/s1. The predicted octanol–water partition coefficient (Wildman–Crippen LogP) is 2.35. The van der Waals surface area contributed by atoms with Crippen LogP contribution in [-0.2, 0) is 0 Å². The van der Waals surface area contributed by atoms with E-state index >= 15 is 0 Å². The fourth-order valence-corrected chi connectivity index (χ4v) is 2.89. The van der Waals surface area contributed by atoms with Crippen LogP contribution in [0.4, 0.5) is 27.8 Å². The first-order valence-corrected chi connectivity index (χ1v) is 9.42. The van der Waals surface area contributed by atoms with E-state index in [0.717, 1.165) is 6.42 Å². The summed E-state index contributed by atoms with van der Waals surface area (Å²) < 4.78 is 20.5. The molecule has 3 rings (SSSR count). The van der Waals surface area contributed by atoms with Gasteiger partial charge in [-0.25, -0.2) is 14.4 Å². The number of hydrogen-bond acceptors (Lipinski definition) is 9. The molecule has 1 atom stereocenters. The van der Waals surface area contributed by atoms with Gasteiger partial charge in [-0.1, -0.05) is 13.8 Å². The lowest BCUT2D eigenvalue weighted by Gasteiger charge is -2.18. The lowest BCUT2D eigenvalue weighted by atomic mass is 10.0. The van der Waals surface area contributed by atoms with Gasteiger partial charge in [-0.15, -0.1) is 5.10 Å². The summed E-state index contributed by atoms with van der Waals surface area (Å²) >= 11 is 0. The second kappa shape index (κ2) is 9.35. The van der Waals surface area contributed by atoms with E-state index in [1.807, 2.05) is 0 Å². The summed E-state index contributed by atoms with van der Waals surface area (Å²) in [5.74, 6) is 1.37. The van der Waals surface area contributed by atoms with Crippen molar-refractivity contribution in [2.75, 3.05) is 30.1 Å². The zero-order chi connectivity index (χ0) is 21.7. The molecule has 11 heteroatoms. The van der Waals surface area contributed by atoms with Crippen LogP contribution in [0.3, 0.4) is 0 Å². The maximum absolute atomic E-state index is 14.2. The summed E-state index contributed by atoms with van der Waals surface area (Å²) in [4.78, 5) is 12.5. The quantitative estimate of drug-likeness (QED) is 0.414. The fraction of sp³-hybridized carbons (Fsp3) is 0.368. The summed E-state index contributed by atoms with van der Waals surface area (Å²) in [6.45, 7) is 4.13. The summed E-state index contributed by atoms with van der Waals surface area (Å²) in [5, 5.41) is 19.8. The first-order chi connectivity index (χ1) is 14.4. The first kappa shape index (κ1) is 21.2. The number of nitrogens with zero attached hydrogens (tertiary/aromatic N) is 5. The van der Waals surface area contributed by atoms with Crippen molar-refractivity contribution < 1.29 is 14.2 Å². The molecule has 0 unspecified atom stereocenters. The minimum Gasteiger partial charge on any atom is -0.497 e. The maximum atomic E-state index is 14.2. The molecule has 1 aromatic carbocycles. The molecule has 0 aliphatic rings. The lowest BCUT2D eigenvalue weighted by molar-refractivity contribution is 0.259. The average molecular weight is 416 g/mol. The maximum Gasteiger partial charge on any atom is 0.248 e. The molecule has 5 N–H and O–H groups in total. The number of aliphatic hydroxyl groups is 1. The Morgan fingerprint density at radius 1 is 1.27 bits per heavy atom. The van der Waals surface area contributed by atoms with Gasteiger partial charge in [-0.05, 0) is 24.5 Å². The molecule has 2 aromatic heterocycles. The van der Waals surface area contributed by atoms with Gasteiger partial charge in [-0.2, -0.15) is 9.67 Å². The van der Waals surface area contributed by atoms with E-state index in [1.54, 1.807) is 12.1 Å². The Kier molecular flexibility index (Phi) is 6.62. The van der Waals surface area contributed by atoms with E-state index in [9.17, 15) is 9.50 Å². The van der Waals surface area contributed by atoms with Gasteiger partial charge in [0, 0.05) is 12.1 Å². The Bertz CT molecular complexity index is 994. The van der Waals surface area contributed by atoms with Gasteiger partial charge >= 0.3 is 0 Å². The highest BCUT2D eigenvalue weighted by Crippen LogP contribution is 2.24. The number of nitrogens with two attached hydrogens (primary N) is 1. The molecule has 0 spiro atoms. The van der Waals surface area contributed by atoms with Crippen molar-refractivity contribution >= 4 is 23.4 Å². The van der Waals surface area contributed by atoms with Crippen molar-refractivity contribution in [3.63, 3.8) is 0 Å². The SMILES string of the molecule is COc1ccc(Nc2nc(N)n(-c3cc(N[C@@H](CO)CC(C)C)ncn3)n2)c(F)c1. The molecular weight excluding hydrogens is 391 g/mol. The van der Waals surface area contributed by atoms with Gasteiger partial charge in [0.05, 0.1) is 25.4 Å². The number of halogens is 1. The Labute approximate surface area is 173 Å². The third-order valence-corrected chi connectivity index (χ3v) is 4.25. The number of methoxy groups -OCH3 is 1. The van der Waals surface area contributed by atoms with Crippen molar-refractivity contribution in [2.45, 2.75) is 26.3 Å². The number of nitrogen functional groups attached to an aromatic ring is 1. The van der Waals surface area contributed by atoms with Gasteiger partial charge in [0.25, 0.3) is 0 Å². The number of ether oxygens (including phenoxy) is 1. The molecule has 3 aromatic rings. The number of benzene rings is 1. The van der Waals surface area contributed by atoms with Gasteiger partial charge in [-0.3, -0.25) is 0 Å². The average Bonchev–Trinajstić information content (AvgIpc) is 3.09. The van der Waals surface area contributed by atoms with Crippen LogP contribution in [-0.4, -0.2) is 49.6 Å². The monoisotopic (exact) mass is 416 g/mol. The summed E-state index contributed by atoms with van der Waals surface area (Å²) in [7, 11) is 1.46. The molecule has 0 fully saturated rings. The van der Waals surface area contributed by atoms with E-state index in [-0.39, 0.29) is 30.2 Å². The molecule has 0 saturated carbocycles. The van der Waals surface area contributed by atoms with E-state index < -0.39 is 5.82 Å². The normalized spacial score (nSPS) is 12.1. The van der Waals surface area contributed by atoms with Crippen LogP contribution in [0.15, 0.2) is 30.6 Å². The Balaban J connectivity index is 1.79. The molecule has 0 bridgehead atoms. The van der Waals surface area contributed by atoms with Crippen LogP contribution in [0.2, 0.25) is 0 Å². The second-order valence-corrected chi connectivity index (χ2v) is 7.09. The van der Waals surface area contributed by atoms with Crippen LogP contribution in [0.25, 0.3) is 5.82 Å². The smallest absolute Gasteiger partial charge is 0.248 e. The molecule has 160 valence electrons. The third kappa shape index (κ3) is 5.11. The van der Waals surface area contributed by atoms with Gasteiger partial charge < -0.3 is 26.2 Å². The number of hydrogen-bond donors (Lipinski definition) is 4. The van der Waals surface area contributed by atoms with Gasteiger partial charge in [0.2, 0.25) is 11.9 Å². The highest BCUT2D eigenvalue weighted by atomic mass is 19.1. The van der Waals surface area contributed by atoms with Crippen molar-refractivity contribution in [2.24, 2.45) is 5.92 Å². The molecule has 0 saturated heterocycles. The Morgan fingerprint density at radius 3 is 2.73 bits per heavy atom. The van der Waals surface area contributed by atoms with Crippen LogP contribution in [0, 0.1) is 11.7 Å². The third-order valence-electron chi connectivity index (χ3n) is 4.25. The Hall–Kier alpha value is -3.47. The topological polar surface area (TPSA) is 136 Å². The van der Waals surface area contributed by atoms with Gasteiger partial charge in [0.1, 0.15) is 23.7 Å². The molecule has 0 aliphatic heterocycles. The molecular formula is C19H25FN8O2. The van der Waals surface area contributed by atoms with Crippen molar-refractivity contribution in [3.8, 4) is 11.6 Å². The molecule has 30 heavy (non-hydrogen) atoms. The highest BCUT2D eigenvalue weighted by Gasteiger charge is 2.15. The molecule has 2 heterocycles. The highest BCUT2D eigenvalue weighted by molar-refractivity contribution is 5.57. The summed E-state index contributed by atoms with van der Waals surface area (Å²) in [6, 6.07) is 5.88. The molecule has 0 radical (unpaired) electrons. The summed E-state index contributed by atoms with van der Waals surface area (Å²) in [6.07, 6.45) is 2.14. The fourth-order valence-electron chi connectivity index (χ4n) is 2.89. The van der Waals surface area contributed by atoms with Crippen molar-refractivity contribution in [1.29, 1.82) is 0 Å². The molecule has 0 amide bonds. The molecule has 0 aliphatic carbocycles. The van der Waals surface area contributed by atoms with E-state index in [2.05, 4.69) is 44.5 Å². The van der Waals surface area contributed by atoms with Crippen LogP contribution in [0.5, 0.6) is 5.75 Å². The van der Waals surface area contributed by atoms with Crippen LogP contribution < -0.4 is 21.1 Å². The Morgan fingerprint density at radius 2 is 2.07 bits per heavy atom. The number of rotatable bonds is 9. The minimum atomic E-state index is -0.516. The number of anilines is 4. The second-order valence-electron chi connectivity index (χ2n) is 7.09. The zero-order valence-corrected chi connectivity index (χ0v) is 17.0. The number of aromatic nitrogens is 5. The van der Waals surface area contributed by atoms with E-state index in [0.29, 0.717) is 23.3 Å². The summed E-state index contributed by atoms with van der Waals surface area (Å²) in [5.41, 5.74) is 6.15.